The quantitative estimate of drug-likeness (QED) is 0.335. The fourth-order valence-electron chi connectivity index (χ4n) is 1.87. The van der Waals surface area contributed by atoms with Crippen molar-refractivity contribution < 1.29 is 19.1 Å². The molecule has 0 heterocycles. The van der Waals surface area contributed by atoms with Gasteiger partial charge in [0.25, 0.3) is 0 Å². The van der Waals surface area contributed by atoms with Gasteiger partial charge in [0, 0.05) is 19.1 Å². The fourth-order valence-corrected chi connectivity index (χ4v) is 4.82. The summed E-state index contributed by atoms with van der Waals surface area (Å²) in [6.45, 7) is 0. The van der Waals surface area contributed by atoms with E-state index >= 15 is 0 Å². The van der Waals surface area contributed by atoms with Crippen LogP contribution in [0.5, 0.6) is 5.75 Å². The summed E-state index contributed by atoms with van der Waals surface area (Å²) in [6, 6.07) is 9.03. The third-order valence-electron chi connectivity index (χ3n) is 2.83. The Morgan fingerprint density at radius 1 is 0.955 bits per heavy atom. The van der Waals surface area contributed by atoms with Crippen molar-refractivity contribution in [1.29, 1.82) is 0 Å². The number of halogens is 4. The molecule has 0 bridgehead atoms. The van der Waals surface area contributed by atoms with Gasteiger partial charge in [-0.1, -0.05) is 30.3 Å². The maximum absolute atomic E-state index is 11.2. The van der Waals surface area contributed by atoms with E-state index in [4.69, 9.17) is 4.52 Å². The van der Waals surface area contributed by atoms with Crippen molar-refractivity contribution in [2.45, 2.75) is 6.10 Å². The molecule has 116 valence electrons. The molecule has 0 radical (unpaired) electrons. The Morgan fingerprint density at radius 3 is 1.91 bits per heavy atom. The van der Waals surface area contributed by atoms with Crippen LogP contribution in [0.1, 0.15) is 17.2 Å². The Kier molecular flexibility index (Phi) is 6.59. The number of phenolic OH excluding ortho intramolecular Hbond substituents is 1. The molecule has 2 N–H and O–H groups in total. The minimum atomic E-state index is -2.82. The highest BCUT2D eigenvalue weighted by molar-refractivity contribution is 9.14. The molecule has 9 heteroatoms. The van der Waals surface area contributed by atoms with Gasteiger partial charge in [0.2, 0.25) is 0 Å². The van der Waals surface area contributed by atoms with Gasteiger partial charge in [0.1, 0.15) is 5.75 Å². The number of aromatic hydroxyl groups is 1. The molecule has 2 aromatic carbocycles. The van der Waals surface area contributed by atoms with Gasteiger partial charge >= 0.3 is 8.25 Å². The summed E-state index contributed by atoms with van der Waals surface area (Å²) in [4.78, 5) is 9.20. The number of phenols is 1. The molecule has 0 fully saturated rings. The van der Waals surface area contributed by atoms with E-state index < -0.39 is 14.4 Å². The average molecular weight is 579 g/mol. The summed E-state index contributed by atoms with van der Waals surface area (Å²) in [5, 5.41) is 10.0. The Morgan fingerprint density at radius 2 is 1.45 bits per heavy atom. The molecular formula is C13H8Br4O4P+. The summed E-state index contributed by atoms with van der Waals surface area (Å²) in [5.74, 6) is 0.00250. The maximum atomic E-state index is 11.2. The Bertz CT molecular complexity index is 695. The molecule has 2 aromatic rings. The first-order valence-electron chi connectivity index (χ1n) is 5.77. The molecule has 0 aliphatic carbocycles. The summed E-state index contributed by atoms with van der Waals surface area (Å²) in [6.07, 6.45) is -0.799. The van der Waals surface area contributed by atoms with E-state index in [0.717, 1.165) is 0 Å². The average Bonchev–Trinajstić information content (AvgIpc) is 2.50. The van der Waals surface area contributed by atoms with Crippen LogP contribution in [0.4, 0.5) is 0 Å². The highest BCUT2D eigenvalue weighted by Crippen LogP contribution is 2.50. The van der Waals surface area contributed by atoms with Crippen LogP contribution in [0.2, 0.25) is 0 Å². The van der Waals surface area contributed by atoms with Crippen LogP contribution in [0.25, 0.3) is 0 Å². The van der Waals surface area contributed by atoms with Gasteiger partial charge in [0.15, 0.2) is 6.10 Å². The topological polar surface area (TPSA) is 66.8 Å². The largest absolute Gasteiger partial charge is 0.695 e. The lowest BCUT2D eigenvalue weighted by Crippen LogP contribution is -2.05. The van der Waals surface area contributed by atoms with E-state index in [0.29, 0.717) is 29.0 Å². The Balaban J connectivity index is 2.70. The monoisotopic (exact) mass is 575 g/mol. The fraction of sp³-hybridized carbons (Fsp3) is 0.0769. The summed E-state index contributed by atoms with van der Waals surface area (Å²) in [7, 11) is -2.82. The zero-order chi connectivity index (χ0) is 16.4. The maximum Gasteiger partial charge on any atom is 0.695 e. The number of hydrogen-bond acceptors (Lipinski definition) is 3. The molecule has 0 amide bonds. The highest BCUT2D eigenvalue weighted by Gasteiger charge is 2.32. The van der Waals surface area contributed by atoms with Crippen LogP contribution in [0, 0.1) is 0 Å². The van der Waals surface area contributed by atoms with E-state index in [1.165, 1.54) is 0 Å². The zero-order valence-corrected chi connectivity index (χ0v) is 17.9. The third-order valence-corrected chi connectivity index (χ3v) is 7.48. The molecule has 2 atom stereocenters. The molecule has 2 unspecified atom stereocenters. The van der Waals surface area contributed by atoms with E-state index in [1.54, 1.807) is 12.1 Å². The van der Waals surface area contributed by atoms with Crippen molar-refractivity contribution in [3.8, 4) is 5.75 Å². The van der Waals surface area contributed by atoms with Crippen LogP contribution in [0.3, 0.4) is 0 Å². The van der Waals surface area contributed by atoms with Crippen LogP contribution >= 0.6 is 72.0 Å². The van der Waals surface area contributed by atoms with Crippen molar-refractivity contribution in [3.63, 3.8) is 0 Å². The predicted octanol–water partition coefficient (Wildman–Crippen LogP) is 6.20. The molecule has 0 aliphatic rings. The molecule has 2 rings (SSSR count). The molecule has 22 heavy (non-hydrogen) atoms. The first kappa shape index (κ1) is 18.5. The molecule has 4 nitrogen and oxygen atoms in total. The number of benzene rings is 2. The molecule has 0 spiro atoms. The normalized spacial score (nSPS) is 13.0. The molecule has 0 aliphatic heterocycles. The predicted molar refractivity (Wildman–Crippen MR) is 98.1 cm³/mol. The van der Waals surface area contributed by atoms with Gasteiger partial charge in [-0.05, 0) is 69.3 Å². The SMILES string of the molecule is O=[P+](O)OC(c1ccccc1)c1c(Br)c(Br)c(O)c(Br)c1Br. The van der Waals surface area contributed by atoms with Gasteiger partial charge < -0.3 is 5.11 Å². The van der Waals surface area contributed by atoms with Crippen molar-refractivity contribution in [1.82, 2.24) is 0 Å². The second kappa shape index (κ2) is 7.83. The van der Waals surface area contributed by atoms with Gasteiger partial charge in [-0.3, -0.25) is 0 Å². The molecule has 0 aromatic heterocycles. The van der Waals surface area contributed by atoms with Crippen molar-refractivity contribution >= 4 is 72.0 Å². The van der Waals surface area contributed by atoms with Crippen molar-refractivity contribution in [2.75, 3.05) is 0 Å². The van der Waals surface area contributed by atoms with E-state index in [9.17, 15) is 14.6 Å². The van der Waals surface area contributed by atoms with Gasteiger partial charge in [0.05, 0.1) is 8.95 Å². The van der Waals surface area contributed by atoms with E-state index in [2.05, 4.69) is 63.7 Å². The lowest BCUT2D eigenvalue weighted by Gasteiger charge is -2.18. The number of rotatable bonds is 4. The lowest BCUT2D eigenvalue weighted by molar-refractivity contribution is 0.224. The minimum absolute atomic E-state index is 0.00250. The molecule has 0 saturated heterocycles. The van der Waals surface area contributed by atoms with Gasteiger partial charge in [-0.15, -0.1) is 9.42 Å². The smallest absolute Gasteiger partial charge is 0.505 e. The molecular weight excluding hydrogens is 571 g/mol. The summed E-state index contributed by atoms with van der Waals surface area (Å²) >= 11 is 13.3. The van der Waals surface area contributed by atoms with Crippen LogP contribution in [-0.2, 0) is 9.09 Å². The first-order chi connectivity index (χ1) is 10.3. The molecule has 0 saturated carbocycles. The van der Waals surface area contributed by atoms with Crippen molar-refractivity contribution in [3.05, 3.63) is 59.3 Å². The zero-order valence-electron chi connectivity index (χ0n) is 10.6. The van der Waals surface area contributed by atoms with Gasteiger partial charge in [-0.25, -0.2) is 0 Å². The first-order valence-corrected chi connectivity index (χ1v) is 10.1. The minimum Gasteiger partial charge on any atom is -0.505 e. The van der Waals surface area contributed by atoms with Crippen LogP contribution in [-0.4, -0.2) is 10.00 Å². The van der Waals surface area contributed by atoms with E-state index in [-0.39, 0.29) is 5.75 Å². The standard InChI is InChI=1S/C13H7Br4O4P/c14-8-7(9(15)11(17)12(18)10(8)16)13(21-22(19)20)6-4-2-1-3-5-6/h1-5,13H,(H-,18,19,20)/p+1. The third kappa shape index (κ3) is 3.80. The Hall–Kier alpha value is 0.180. The second-order valence-corrected chi connectivity index (χ2v) is 8.01. The van der Waals surface area contributed by atoms with E-state index in [1.807, 2.05) is 18.2 Å². The van der Waals surface area contributed by atoms with Crippen LogP contribution < -0.4 is 0 Å². The van der Waals surface area contributed by atoms with Gasteiger partial charge in [-0.2, -0.15) is 0 Å². The Labute approximate surface area is 161 Å². The number of hydrogen-bond donors (Lipinski definition) is 2. The summed E-state index contributed by atoms with van der Waals surface area (Å²) in [5.41, 5.74) is 1.27. The lowest BCUT2D eigenvalue weighted by atomic mass is 10.0. The highest BCUT2D eigenvalue weighted by atomic mass is 79.9. The summed E-state index contributed by atoms with van der Waals surface area (Å²) < 4.78 is 18.3. The van der Waals surface area contributed by atoms with Crippen molar-refractivity contribution in [2.24, 2.45) is 0 Å². The second-order valence-electron chi connectivity index (χ2n) is 4.15. The van der Waals surface area contributed by atoms with Crippen LogP contribution in [0.15, 0.2) is 48.2 Å².